The van der Waals surface area contributed by atoms with Gasteiger partial charge in [-0.15, -0.1) is 0 Å². The average Bonchev–Trinajstić information content (AvgIpc) is 3.28. The van der Waals surface area contributed by atoms with Gasteiger partial charge in [0.05, 0.1) is 11.7 Å². The normalized spacial score (nSPS) is 19.4. The van der Waals surface area contributed by atoms with Crippen LogP contribution in [0.3, 0.4) is 0 Å². The van der Waals surface area contributed by atoms with E-state index in [0.717, 1.165) is 27.5 Å². The lowest BCUT2D eigenvalue weighted by Crippen LogP contribution is -2.30. The maximum atomic E-state index is 5.77. The molecule has 3 heterocycles. The lowest BCUT2D eigenvalue weighted by Gasteiger charge is -2.29. The Kier molecular flexibility index (Phi) is 5.02. The average molecular weight is 441 g/mol. The summed E-state index contributed by atoms with van der Waals surface area (Å²) in [6, 6.07) is 16.7. The van der Waals surface area contributed by atoms with Gasteiger partial charge in [-0.3, -0.25) is 4.98 Å². The van der Waals surface area contributed by atoms with Gasteiger partial charge in [0.2, 0.25) is 0 Å². The minimum Gasteiger partial charge on any atom is -0.351 e. The fourth-order valence-electron chi connectivity index (χ4n) is 3.70. The SMILES string of the molecule is CCn1cccc1[C@H]1[C@@H](c2ccccn2)NC(=S)N1c1ccc(Br)c(C)c1. The van der Waals surface area contributed by atoms with Crippen molar-refractivity contribution < 1.29 is 0 Å². The third kappa shape index (κ3) is 3.28. The molecule has 3 aromatic rings. The second kappa shape index (κ2) is 7.44. The molecular formula is C21H21BrN4S. The van der Waals surface area contributed by atoms with Crippen molar-refractivity contribution in [2.45, 2.75) is 32.5 Å². The molecule has 0 amide bonds. The van der Waals surface area contributed by atoms with E-state index >= 15 is 0 Å². The summed E-state index contributed by atoms with van der Waals surface area (Å²) < 4.78 is 3.37. The predicted molar refractivity (Wildman–Crippen MR) is 117 cm³/mol. The number of thiocarbonyl (C=S) groups is 1. The number of halogens is 1. The molecule has 6 heteroatoms. The molecule has 1 aliphatic rings. The molecule has 1 saturated heterocycles. The zero-order valence-electron chi connectivity index (χ0n) is 15.3. The molecule has 0 unspecified atom stereocenters. The van der Waals surface area contributed by atoms with Gasteiger partial charge in [-0.2, -0.15) is 0 Å². The van der Waals surface area contributed by atoms with Crippen LogP contribution in [0, 0.1) is 6.92 Å². The number of aromatic nitrogens is 2. The third-order valence-electron chi connectivity index (χ3n) is 5.03. The summed E-state index contributed by atoms with van der Waals surface area (Å²) in [4.78, 5) is 6.82. The van der Waals surface area contributed by atoms with E-state index in [1.807, 2.05) is 18.3 Å². The monoisotopic (exact) mass is 440 g/mol. The number of nitrogens with one attached hydrogen (secondary N) is 1. The van der Waals surface area contributed by atoms with Crippen molar-refractivity contribution in [1.29, 1.82) is 0 Å². The molecule has 1 aromatic carbocycles. The van der Waals surface area contributed by atoms with Crippen molar-refractivity contribution in [3.05, 3.63) is 82.3 Å². The Morgan fingerprint density at radius 1 is 1.19 bits per heavy atom. The first-order chi connectivity index (χ1) is 13.1. The van der Waals surface area contributed by atoms with Gasteiger partial charge < -0.3 is 14.8 Å². The predicted octanol–water partition coefficient (Wildman–Crippen LogP) is 5.15. The first kappa shape index (κ1) is 18.2. The Hall–Kier alpha value is -2.18. The Balaban J connectivity index is 1.85. The third-order valence-corrected chi connectivity index (χ3v) is 6.23. The van der Waals surface area contributed by atoms with Gasteiger partial charge >= 0.3 is 0 Å². The van der Waals surface area contributed by atoms with E-state index in [0.29, 0.717) is 0 Å². The maximum Gasteiger partial charge on any atom is 0.174 e. The summed E-state index contributed by atoms with van der Waals surface area (Å²) in [6.07, 6.45) is 3.96. The van der Waals surface area contributed by atoms with Crippen molar-refractivity contribution in [2.24, 2.45) is 0 Å². The zero-order chi connectivity index (χ0) is 19.0. The number of nitrogens with zero attached hydrogens (tertiary/aromatic N) is 3. The summed E-state index contributed by atoms with van der Waals surface area (Å²) in [6.45, 7) is 5.17. The molecule has 4 nitrogen and oxygen atoms in total. The number of rotatable bonds is 4. The maximum absolute atomic E-state index is 5.77. The van der Waals surface area contributed by atoms with Crippen LogP contribution in [0.2, 0.25) is 0 Å². The van der Waals surface area contributed by atoms with Crippen LogP contribution in [0.1, 0.15) is 36.0 Å². The van der Waals surface area contributed by atoms with E-state index in [-0.39, 0.29) is 12.1 Å². The standard InChI is InChI=1S/C21H21BrN4S/c1-3-25-12-6-8-18(25)20-19(17-7-4-5-11-23-17)24-21(27)26(20)15-9-10-16(22)14(2)13-15/h4-13,19-20H,3H2,1-2H3,(H,24,27)/t19-,20+/m1/s1. The van der Waals surface area contributed by atoms with E-state index in [4.69, 9.17) is 12.2 Å². The lowest BCUT2D eigenvalue weighted by molar-refractivity contribution is 0.529. The van der Waals surface area contributed by atoms with Crippen LogP contribution >= 0.6 is 28.1 Å². The molecule has 0 bridgehead atoms. The number of anilines is 1. The van der Waals surface area contributed by atoms with Crippen LogP contribution in [-0.2, 0) is 6.54 Å². The Labute approximate surface area is 173 Å². The highest BCUT2D eigenvalue weighted by atomic mass is 79.9. The summed E-state index contributed by atoms with van der Waals surface area (Å²) in [5, 5.41) is 4.24. The van der Waals surface area contributed by atoms with Gasteiger partial charge in [0.25, 0.3) is 0 Å². The molecule has 1 fully saturated rings. The number of benzene rings is 1. The Morgan fingerprint density at radius 3 is 2.74 bits per heavy atom. The van der Waals surface area contributed by atoms with Gasteiger partial charge in [-0.05, 0) is 74.1 Å². The molecule has 0 spiro atoms. The molecule has 138 valence electrons. The van der Waals surface area contributed by atoms with E-state index in [1.54, 1.807) is 0 Å². The molecule has 2 aromatic heterocycles. The first-order valence-corrected chi connectivity index (χ1v) is 10.2. The van der Waals surface area contributed by atoms with Gasteiger partial charge in [0.1, 0.15) is 6.04 Å². The van der Waals surface area contributed by atoms with Crippen molar-refractivity contribution in [2.75, 3.05) is 4.90 Å². The summed E-state index contributed by atoms with van der Waals surface area (Å²) >= 11 is 9.37. The van der Waals surface area contributed by atoms with Crippen LogP contribution < -0.4 is 10.2 Å². The Morgan fingerprint density at radius 2 is 2.04 bits per heavy atom. The topological polar surface area (TPSA) is 33.1 Å². The highest BCUT2D eigenvalue weighted by molar-refractivity contribution is 9.10. The zero-order valence-corrected chi connectivity index (χ0v) is 17.7. The van der Waals surface area contributed by atoms with E-state index < -0.39 is 0 Å². The summed E-state index contributed by atoms with van der Waals surface area (Å²) in [5.41, 5.74) is 4.48. The molecule has 2 atom stereocenters. The van der Waals surface area contributed by atoms with Crippen molar-refractivity contribution in [1.82, 2.24) is 14.9 Å². The second-order valence-corrected chi connectivity index (χ2v) is 7.89. The van der Waals surface area contributed by atoms with Gasteiger partial charge in [-0.25, -0.2) is 0 Å². The number of hydrogen-bond acceptors (Lipinski definition) is 2. The summed E-state index contributed by atoms with van der Waals surface area (Å²) in [5.74, 6) is 0. The van der Waals surface area contributed by atoms with Crippen molar-refractivity contribution in [3.63, 3.8) is 0 Å². The van der Waals surface area contributed by atoms with Gasteiger partial charge in [0, 0.05) is 34.8 Å². The lowest BCUT2D eigenvalue weighted by atomic mass is 10.0. The van der Waals surface area contributed by atoms with Crippen LogP contribution in [0.5, 0.6) is 0 Å². The Bertz CT molecular complexity index is 969. The van der Waals surface area contributed by atoms with E-state index in [2.05, 4.69) is 92.1 Å². The number of hydrogen-bond donors (Lipinski definition) is 1. The molecule has 27 heavy (non-hydrogen) atoms. The molecule has 1 aliphatic heterocycles. The number of aryl methyl sites for hydroxylation is 2. The fraction of sp³-hybridized carbons (Fsp3) is 0.238. The van der Waals surface area contributed by atoms with Crippen LogP contribution in [-0.4, -0.2) is 14.7 Å². The summed E-state index contributed by atoms with van der Waals surface area (Å²) in [7, 11) is 0. The smallest absolute Gasteiger partial charge is 0.174 e. The van der Waals surface area contributed by atoms with Crippen molar-refractivity contribution in [3.8, 4) is 0 Å². The molecule has 0 radical (unpaired) electrons. The van der Waals surface area contributed by atoms with Crippen LogP contribution in [0.25, 0.3) is 0 Å². The first-order valence-electron chi connectivity index (χ1n) is 9.02. The molecule has 0 aliphatic carbocycles. The molecular weight excluding hydrogens is 420 g/mol. The van der Waals surface area contributed by atoms with Crippen LogP contribution in [0.15, 0.2) is 65.4 Å². The molecule has 0 saturated carbocycles. The quantitative estimate of drug-likeness (QED) is 0.568. The van der Waals surface area contributed by atoms with E-state index in [9.17, 15) is 0 Å². The van der Waals surface area contributed by atoms with Crippen LogP contribution in [0.4, 0.5) is 5.69 Å². The molecule has 1 N–H and O–H groups in total. The second-order valence-electron chi connectivity index (χ2n) is 6.65. The minimum atomic E-state index is -0.0112. The van der Waals surface area contributed by atoms with Crippen molar-refractivity contribution >= 4 is 38.9 Å². The number of pyridine rings is 1. The highest BCUT2D eigenvalue weighted by Gasteiger charge is 2.41. The largest absolute Gasteiger partial charge is 0.351 e. The van der Waals surface area contributed by atoms with E-state index in [1.165, 1.54) is 11.3 Å². The van der Waals surface area contributed by atoms with Gasteiger partial charge in [0.15, 0.2) is 5.11 Å². The molecule has 4 rings (SSSR count). The fourth-order valence-corrected chi connectivity index (χ4v) is 4.29. The highest BCUT2D eigenvalue weighted by Crippen LogP contribution is 2.42. The van der Waals surface area contributed by atoms with Gasteiger partial charge in [-0.1, -0.05) is 22.0 Å². The minimum absolute atomic E-state index is 0.0112.